The third-order valence-corrected chi connectivity index (χ3v) is 6.95. The largest absolute Gasteiger partial charge is 0.381 e. The smallest absolute Gasteiger partial charge is 0.0900 e. The molecule has 1 aliphatic heterocycles. The second kappa shape index (κ2) is 9.91. The van der Waals surface area contributed by atoms with Gasteiger partial charge in [0.15, 0.2) is 0 Å². The fraction of sp³-hybridized carbons (Fsp3) is 0.233. The number of ether oxygens (including phenoxy) is 1. The average molecular weight is 476 g/mol. The highest BCUT2D eigenvalue weighted by Crippen LogP contribution is 2.31. The molecule has 2 heterocycles. The van der Waals surface area contributed by atoms with Gasteiger partial charge >= 0.3 is 0 Å². The van der Waals surface area contributed by atoms with E-state index in [1.807, 2.05) is 30.5 Å². The Labute approximate surface area is 210 Å². The first kappa shape index (κ1) is 22.4. The third kappa shape index (κ3) is 4.48. The molecule has 3 aliphatic rings. The fourth-order valence-electron chi connectivity index (χ4n) is 5.10. The summed E-state index contributed by atoms with van der Waals surface area (Å²) in [5.74, 6) is 0. The predicted molar refractivity (Wildman–Crippen MR) is 144 cm³/mol. The number of hydrogen-bond acceptors (Lipinski definition) is 5. The molecular formula is C30H29N5O. The van der Waals surface area contributed by atoms with Gasteiger partial charge in [-0.05, 0) is 74.2 Å². The summed E-state index contributed by atoms with van der Waals surface area (Å²) in [6, 6.07) is 27.3. The molecule has 3 aromatic rings. The van der Waals surface area contributed by atoms with E-state index in [1.165, 1.54) is 0 Å². The number of pyridine rings is 1. The van der Waals surface area contributed by atoms with Crippen molar-refractivity contribution in [2.24, 2.45) is 4.99 Å². The highest BCUT2D eigenvalue weighted by Gasteiger charge is 2.21. The molecule has 2 aromatic carbocycles. The van der Waals surface area contributed by atoms with Crippen molar-refractivity contribution in [3.63, 3.8) is 0 Å². The summed E-state index contributed by atoms with van der Waals surface area (Å²) in [7, 11) is 1.81. The van der Waals surface area contributed by atoms with E-state index < -0.39 is 0 Å². The zero-order chi connectivity index (χ0) is 24.3. The molecule has 2 aliphatic carbocycles. The maximum absolute atomic E-state index is 5.58. The lowest BCUT2D eigenvalue weighted by Crippen LogP contribution is -2.25. The lowest BCUT2D eigenvalue weighted by Gasteiger charge is -2.25. The van der Waals surface area contributed by atoms with Crippen LogP contribution in [0, 0.1) is 0 Å². The lowest BCUT2D eigenvalue weighted by atomic mass is 9.93. The second-order valence-corrected chi connectivity index (χ2v) is 9.29. The molecule has 1 N–H and O–H groups in total. The van der Waals surface area contributed by atoms with Gasteiger partial charge < -0.3 is 14.6 Å². The first-order valence-electron chi connectivity index (χ1n) is 12.5. The molecule has 6 rings (SSSR count). The van der Waals surface area contributed by atoms with E-state index in [1.54, 1.807) is 13.3 Å². The van der Waals surface area contributed by atoms with Crippen molar-refractivity contribution in [3.8, 4) is 17.1 Å². The van der Waals surface area contributed by atoms with Crippen LogP contribution in [0.15, 0.2) is 96.2 Å². The molecule has 0 bridgehead atoms. The van der Waals surface area contributed by atoms with E-state index >= 15 is 0 Å². The number of para-hydroxylation sites is 3. The van der Waals surface area contributed by atoms with Crippen LogP contribution in [0.4, 0.5) is 11.4 Å². The van der Waals surface area contributed by atoms with Crippen LogP contribution < -0.4 is 10.7 Å². The van der Waals surface area contributed by atoms with E-state index in [0.717, 1.165) is 70.5 Å². The summed E-state index contributed by atoms with van der Waals surface area (Å²) in [6.07, 6.45) is 8.09. The Morgan fingerprint density at radius 3 is 2.50 bits per heavy atom. The van der Waals surface area contributed by atoms with Crippen LogP contribution in [-0.2, 0) is 4.74 Å². The summed E-state index contributed by atoms with van der Waals surface area (Å²) >= 11 is 0. The molecule has 36 heavy (non-hydrogen) atoms. The average Bonchev–Trinajstić information content (AvgIpc) is 2.93. The standard InChI is InChI=1S/C30H29N5O/c1-36-24-15-13-21(14-16-24)32-27-19-30-28(18-26(27)33-22-8-7-17-31-20-22)34-25-11-5-6-12-29(25)35(30)23-9-3-2-4-10-23/h2-12,17-21,24,33H,13-16H2,1H3. The number of hydrogen-bond donors (Lipinski definition) is 1. The van der Waals surface area contributed by atoms with Gasteiger partial charge in [-0.1, -0.05) is 30.3 Å². The van der Waals surface area contributed by atoms with Crippen molar-refractivity contribution in [1.29, 1.82) is 0 Å². The van der Waals surface area contributed by atoms with Crippen LogP contribution in [0.1, 0.15) is 25.7 Å². The van der Waals surface area contributed by atoms with Gasteiger partial charge in [-0.25, -0.2) is 4.98 Å². The van der Waals surface area contributed by atoms with E-state index in [-0.39, 0.29) is 6.04 Å². The Morgan fingerprint density at radius 2 is 1.72 bits per heavy atom. The summed E-state index contributed by atoms with van der Waals surface area (Å²) in [6.45, 7) is 0. The first-order valence-corrected chi connectivity index (χ1v) is 12.5. The molecule has 1 aromatic heterocycles. The zero-order valence-electron chi connectivity index (χ0n) is 20.3. The molecule has 0 saturated heterocycles. The Hall–Kier alpha value is -4.03. The predicted octanol–water partition coefficient (Wildman–Crippen LogP) is 6.13. The number of methoxy groups -OCH3 is 1. The molecule has 180 valence electrons. The molecule has 0 atom stereocenters. The number of rotatable bonds is 5. The maximum Gasteiger partial charge on any atom is 0.0900 e. The van der Waals surface area contributed by atoms with E-state index in [0.29, 0.717) is 6.10 Å². The molecule has 6 nitrogen and oxygen atoms in total. The van der Waals surface area contributed by atoms with Gasteiger partial charge in [0.25, 0.3) is 0 Å². The van der Waals surface area contributed by atoms with Crippen molar-refractivity contribution in [2.45, 2.75) is 37.8 Å². The molecule has 0 amide bonds. The Kier molecular flexibility index (Phi) is 6.18. The van der Waals surface area contributed by atoms with Gasteiger partial charge in [-0.2, -0.15) is 0 Å². The summed E-state index contributed by atoms with van der Waals surface area (Å²) in [5, 5.41) is 4.49. The van der Waals surface area contributed by atoms with Crippen molar-refractivity contribution in [3.05, 3.63) is 96.6 Å². The number of nitrogens with zero attached hydrogens (tertiary/aromatic N) is 4. The molecular weight excluding hydrogens is 446 g/mol. The fourth-order valence-corrected chi connectivity index (χ4v) is 5.10. The highest BCUT2D eigenvalue weighted by atomic mass is 16.5. The Balaban J connectivity index is 1.57. The number of nitrogens with one attached hydrogen (secondary N) is 1. The second-order valence-electron chi connectivity index (χ2n) is 9.29. The van der Waals surface area contributed by atoms with Crippen LogP contribution in [0.25, 0.3) is 28.1 Å². The minimum atomic E-state index is 0.266. The lowest BCUT2D eigenvalue weighted by molar-refractivity contribution is 0.0663. The van der Waals surface area contributed by atoms with Crippen LogP contribution in [0.3, 0.4) is 0 Å². The van der Waals surface area contributed by atoms with E-state index in [2.05, 4.69) is 69.5 Å². The van der Waals surface area contributed by atoms with Crippen LogP contribution >= 0.6 is 0 Å². The van der Waals surface area contributed by atoms with Gasteiger partial charge in [0.2, 0.25) is 0 Å². The summed E-state index contributed by atoms with van der Waals surface area (Å²) < 4.78 is 7.87. The third-order valence-electron chi connectivity index (χ3n) is 6.95. The monoisotopic (exact) mass is 475 g/mol. The number of benzene rings is 3. The van der Waals surface area contributed by atoms with Crippen LogP contribution in [0.2, 0.25) is 0 Å². The van der Waals surface area contributed by atoms with Crippen LogP contribution in [0.5, 0.6) is 0 Å². The first-order chi connectivity index (χ1) is 17.8. The van der Waals surface area contributed by atoms with Gasteiger partial charge in [0.1, 0.15) is 0 Å². The quantitative estimate of drug-likeness (QED) is 0.311. The van der Waals surface area contributed by atoms with E-state index in [9.17, 15) is 0 Å². The number of fused-ring (bicyclic) bond motifs is 2. The number of aromatic nitrogens is 3. The van der Waals surface area contributed by atoms with Crippen molar-refractivity contribution < 1.29 is 4.74 Å². The van der Waals surface area contributed by atoms with Gasteiger partial charge in [0.05, 0.1) is 57.5 Å². The Morgan fingerprint density at radius 1 is 0.917 bits per heavy atom. The van der Waals surface area contributed by atoms with Crippen molar-refractivity contribution in [1.82, 2.24) is 14.5 Å². The van der Waals surface area contributed by atoms with Gasteiger partial charge in [-0.3, -0.25) is 9.98 Å². The molecule has 1 fully saturated rings. The normalized spacial score (nSPS) is 18.5. The SMILES string of the molecule is COC1CCC(N=c2cc3n(-c4ccccc4)c4ccccc4nc-3cc2Nc2cccnc2)CC1. The molecule has 1 saturated carbocycles. The molecule has 0 radical (unpaired) electrons. The zero-order valence-corrected chi connectivity index (χ0v) is 20.3. The Bertz CT molecular complexity index is 1510. The molecule has 6 heteroatoms. The van der Waals surface area contributed by atoms with Crippen molar-refractivity contribution >= 4 is 22.4 Å². The minimum Gasteiger partial charge on any atom is -0.381 e. The highest BCUT2D eigenvalue weighted by molar-refractivity contribution is 5.84. The van der Waals surface area contributed by atoms with Crippen LogP contribution in [-0.4, -0.2) is 33.8 Å². The minimum absolute atomic E-state index is 0.266. The topological polar surface area (TPSA) is 64.3 Å². The van der Waals surface area contributed by atoms with Gasteiger partial charge in [0, 0.05) is 19.0 Å². The van der Waals surface area contributed by atoms with Gasteiger partial charge in [-0.15, -0.1) is 0 Å². The summed E-state index contributed by atoms with van der Waals surface area (Å²) in [5.41, 5.74) is 6.91. The van der Waals surface area contributed by atoms with E-state index in [4.69, 9.17) is 14.7 Å². The maximum atomic E-state index is 5.58. The molecule has 0 unspecified atom stereocenters. The summed E-state index contributed by atoms with van der Waals surface area (Å²) in [4.78, 5) is 14.6. The number of anilines is 2. The van der Waals surface area contributed by atoms with Crippen molar-refractivity contribution in [2.75, 3.05) is 12.4 Å². The molecule has 0 spiro atoms.